The average molecular weight is 288 g/mol. The van der Waals surface area contributed by atoms with Crippen molar-refractivity contribution in [2.75, 3.05) is 0 Å². The molecule has 1 atom stereocenters. The lowest BCUT2D eigenvalue weighted by Gasteiger charge is -2.02. The fourth-order valence-electron chi connectivity index (χ4n) is 1.62. The molecule has 4 nitrogen and oxygen atoms in total. The number of halogens is 3. The summed E-state index contributed by atoms with van der Waals surface area (Å²) in [6.45, 7) is 1.97. The Morgan fingerprint density at radius 2 is 2.11 bits per heavy atom. The minimum Gasteiger partial charge on any atom is -0.334 e. The third kappa shape index (κ3) is 2.90. The number of nitrogens with zero attached hydrogens (tertiary/aromatic N) is 2. The SMILES string of the molecule is CCCC(N)c1noc(-c2cc(F)c(Cl)cc2F)n1. The van der Waals surface area contributed by atoms with Crippen LogP contribution in [-0.2, 0) is 0 Å². The number of rotatable bonds is 4. The van der Waals surface area contributed by atoms with Gasteiger partial charge in [0.05, 0.1) is 16.6 Å². The van der Waals surface area contributed by atoms with Crippen LogP contribution in [0.1, 0.15) is 31.6 Å². The Labute approximate surface area is 113 Å². The lowest BCUT2D eigenvalue weighted by Crippen LogP contribution is -2.11. The standard InChI is InChI=1S/C12H12ClF2N3O/c1-2-3-10(16)11-17-12(19-18-11)6-4-9(15)7(13)5-8(6)14/h4-5,10H,2-3,16H2,1H3. The fourth-order valence-corrected chi connectivity index (χ4v) is 1.77. The largest absolute Gasteiger partial charge is 0.334 e. The molecule has 2 aromatic rings. The Hall–Kier alpha value is -1.53. The molecule has 1 unspecified atom stereocenters. The molecule has 0 fully saturated rings. The second kappa shape index (κ2) is 5.63. The van der Waals surface area contributed by atoms with Crippen LogP contribution in [0.5, 0.6) is 0 Å². The quantitative estimate of drug-likeness (QED) is 0.875. The molecule has 0 saturated heterocycles. The van der Waals surface area contributed by atoms with Crippen LogP contribution in [0, 0.1) is 11.6 Å². The second-order valence-corrected chi connectivity index (χ2v) is 4.51. The minimum absolute atomic E-state index is 0.116. The van der Waals surface area contributed by atoms with Gasteiger partial charge in [0.15, 0.2) is 5.82 Å². The number of benzene rings is 1. The molecule has 0 radical (unpaired) electrons. The Bertz CT molecular complexity index is 588. The molecule has 1 aromatic carbocycles. The average Bonchev–Trinajstić information content (AvgIpc) is 2.83. The van der Waals surface area contributed by atoms with Crippen LogP contribution in [0.3, 0.4) is 0 Å². The van der Waals surface area contributed by atoms with E-state index in [0.717, 1.165) is 18.6 Å². The molecule has 102 valence electrons. The molecule has 2 N–H and O–H groups in total. The van der Waals surface area contributed by atoms with Gasteiger partial charge in [0.2, 0.25) is 0 Å². The first-order valence-corrected chi connectivity index (χ1v) is 6.14. The van der Waals surface area contributed by atoms with Crippen molar-refractivity contribution >= 4 is 11.6 Å². The zero-order valence-corrected chi connectivity index (χ0v) is 10.9. The molecule has 0 aliphatic carbocycles. The van der Waals surface area contributed by atoms with E-state index in [1.54, 1.807) is 0 Å². The van der Waals surface area contributed by atoms with Crippen LogP contribution in [-0.4, -0.2) is 10.1 Å². The third-order valence-electron chi connectivity index (χ3n) is 2.61. The Morgan fingerprint density at radius 3 is 2.79 bits per heavy atom. The van der Waals surface area contributed by atoms with Crippen molar-refractivity contribution in [2.24, 2.45) is 5.73 Å². The zero-order chi connectivity index (χ0) is 14.0. The van der Waals surface area contributed by atoms with Crippen LogP contribution in [0.15, 0.2) is 16.7 Å². The summed E-state index contributed by atoms with van der Waals surface area (Å²) in [4.78, 5) is 3.98. The maximum absolute atomic E-state index is 13.7. The van der Waals surface area contributed by atoms with E-state index in [-0.39, 0.29) is 28.3 Å². The molecule has 0 saturated carbocycles. The first-order valence-electron chi connectivity index (χ1n) is 5.77. The van der Waals surface area contributed by atoms with E-state index >= 15 is 0 Å². The summed E-state index contributed by atoms with van der Waals surface area (Å²) in [7, 11) is 0. The summed E-state index contributed by atoms with van der Waals surface area (Å²) in [5.41, 5.74) is 5.68. The smallest absolute Gasteiger partial charge is 0.261 e. The minimum atomic E-state index is -0.754. The predicted molar refractivity (Wildman–Crippen MR) is 66.5 cm³/mol. The molecule has 2 rings (SSSR count). The highest BCUT2D eigenvalue weighted by atomic mass is 35.5. The van der Waals surface area contributed by atoms with Crippen molar-refractivity contribution in [3.63, 3.8) is 0 Å². The van der Waals surface area contributed by atoms with Gasteiger partial charge in [-0.3, -0.25) is 0 Å². The summed E-state index contributed by atoms with van der Waals surface area (Å²) >= 11 is 5.47. The number of nitrogens with two attached hydrogens (primary N) is 1. The molecule has 0 amide bonds. The highest BCUT2D eigenvalue weighted by Crippen LogP contribution is 2.27. The first-order chi connectivity index (χ1) is 9.02. The normalized spacial score (nSPS) is 12.7. The number of hydrogen-bond acceptors (Lipinski definition) is 4. The maximum Gasteiger partial charge on any atom is 0.261 e. The van der Waals surface area contributed by atoms with Gasteiger partial charge in [-0.25, -0.2) is 8.78 Å². The fraction of sp³-hybridized carbons (Fsp3) is 0.333. The van der Waals surface area contributed by atoms with E-state index in [0.29, 0.717) is 6.42 Å². The third-order valence-corrected chi connectivity index (χ3v) is 2.90. The van der Waals surface area contributed by atoms with Crippen LogP contribution < -0.4 is 5.73 Å². The van der Waals surface area contributed by atoms with E-state index in [1.165, 1.54) is 0 Å². The molecule has 0 aliphatic heterocycles. The van der Waals surface area contributed by atoms with Crippen molar-refractivity contribution in [1.82, 2.24) is 10.1 Å². The predicted octanol–water partition coefficient (Wildman–Crippen LogP) is 3.47. The molecular weight excluding hydrogens is 276 g/mol. The van der Waals surface area contributed by atoms with Gasteiger partial charge in [0, 0.05) is 0 Å². The second-order valence-electron chi connectivity index (χ2n) is 4.10. The lowest BCUT2D eigenvalue weighted by molar-refractivity contribution is 0.411. The summed E-state index contributed by atoms with van der Waals surface area (Å²) in [6.07, 6.45) is 1.53. The molecule has 0 bridgehead atoms. The van der Waals surface area contributed by atoms with Gasteiger partial charge in [-0.15, -0.1) is 0 Å². The van der Waals surface area contributed by atoms with E-state index in [1.807, 2.05) is 6.92 Å². The van der Waals surface area contributed by atoms with Crippen molar-refractivity contribution < 1.29 is 13.3 Å². The highest BCUT2D eigenvalue weighted by molar-refractivity contribution is 6.30. The van der Waals surface area contributed by atoms with Crippen LogP contribution in [0.4, 0.5) is 8.78 Å². The number of hydrogen-bond donors (Lipinski definition) is 1. The van der Waals surface area contributed by atoms with Crippen LogP contribution >= 0.6 is 11.6 Å². The molecular formula is C12H12ClF2N3O. The van der Waals surface area contributed by atoms with Crippen molar-refractivity contribution in [2.45, 2.75) is 25.8 Å². The highest BCUT2D eigenvalue weighted by Gasteiger charge is 2.18. The topological polar surface area (TPSA) is 64.9 Å². The Balaban J connectivity index is 2.35. The lowest BCUT2D eigenvalue weighted by atomic mass is 10.1. The number of aromatic nitrogens is 2. The molecule has 1 aromatic heterocycles. The first kappa shape index (κ1) is 13.9. The van der Waals surface area contributed by atoms with Crippen LogP contribution in [0.25, 0.3) is 11.5 Å². The van der Waals surface area contributed by atoms with E-state index in [2.05, 4.69) is 10.1 Å². The van der Waals surface area contributed by atoms with Crippen molar-refractivity contribution in [3.05, 3.63) is 34.6 Å². The van der Waals surface area contributed by atoms with Gasteiger partial charge < -0.3 is 10.3 Å². The van der Waals surface area contributed by atoms with Crippen molar-refractivity contribution in [3.8, 4) is 11.5 Å². The summed E-state index contributed by atoms with van der Waals surface area (Å²) in [5, 5.41) is 3.37. The summed E-state index contributed by atoms with van der Waals surface area (Å²) in [6, 6.07) is 1.39. The van der Waals surface area contributed by atoms with Crippen molar-refractivity contribution in [1.29, 1.82) is 0 Å². The van der Waals surface area contributed by atoms with Gasteiger partial charge in [-0.05, 0) is 18.6 Å². The molecule has 7 heteroatoms. The molecule has 0 spiro atoms. The zero-order valence-electron chi connectivity index (χ0n) is 10.2. The van der Waals surface area contributed by atoms with Gasteiger partial charge in [0.1, 0.15) is 11.6 Å². The van der Waals surface area contributed by atoms with Gasteiger partial charge >= 0.3 is 0 Å². The molecule has 1 heterocycles. The summed E-state index contributed by atoms with van der Waals surface area (Å²) < 4.78 is 31.9. The molecule has 19 heavy (non-hydrogen) atoms. The van der Waals surface area contributed by atoms with E-state index < -0.39 is 11.6 Å². The van der Waals surface area contributed by atoms with Gasteiger partial charge in [0.25, 0.3) is 5.89 Å². The maximum atomic E-state index is 13.7. The van der Waals surface area contributed by atoms with E-state index in [4.69, 9.17) is 21.9 Å². The molecule has 0 aliphatic rings. The van der Waals surface area contributed by atoms with Gasteiger partial charge in [-0.1, -0.05) is 30.1 Å². The van der Waals surface area contributed by atoms with Crippen LogP contribution in [0.2, 0.25) is 5.02 Å². The summed E-state index contributed by atoms with van der Waals surface area (Å²) in [5.74, 6) is -1.33. The monoisotopic (exact) mass is 287 g/mol. The van der Waals surface area contributed by atoms with E-state index in [9.17, 15) is 8.78 Å². The Kier molecular flexibility index (Phi) is 4.11. The van der Waals surface area contributed by atoms with Gasteiger partial charge in [-0.2, -0.15) is 4.98 Å². The Morgan fingerprint density at radius 1 is 1.37 bits per heavy atom.